The van der Waals surface area contributed by atoms with Crippen molar-refractivity contribution in [1.29, 1.82) is 0 Å². The van der Waals surface area contributed by atoms with Crippen LogP contribution in [0.3, 0.4) is 0 Å². The molecule has 2 aliphatic rings. The van der Waals surface area contributed by atoms with Crippen LogP contribution in [0, 0.1) is 5.92 Å². The van der Waals surface area contributed by atoms with E-state index in [0.717, 1.165) is 18.0 Å². The van der Waals surface area contributed by atoms with E-state index in [2.05, 4.69) is 36.1 Å². The quantitative estimate of drug-likeness (QED) is 0.796. The van der Waals surface area contributed by atoms with E-state index in [0.29, 0.717) is 0 Å². The lowest BCUT2D eigenvalue weighted by Gasteiger charge is -2.46. The second-order valence-corrected chi connectivity index (χ2v) is 6.58. The first kappa shape index (κ1) is 15.3. The molecule has 2 rings (SSSR count). The Morgan fingerprint density at radius 1 is 1.26 bits per heavy atom. The van der Waals surface area contributed by atoms with Gasteiger partial charge in [-0.3, -0.25) is 0 Å². The molecule has 0 radical (unpaired) electrons. The van der Waals surface area contributed by atoms with Gasteiger partial charge in [-0.2, -0.15) is 0 Å². The molecule has 0 aliphatic carbocycles. The minimum atomic E-state index is 0.721. The average Bonchev–Trinajstić information content (AvgIpc) is 2.44. The van der Waals surface area contributed by atoms with Crippen LogP contribution < -0.4 is 5.32 Å². The Morgan fingerprint density at radius 3 is 2.84 bits per heavy atom. The van der Waals surface area contributed by atoms with Crippen LogP contribution in [0.15, 0.2) is 0 Å². The molecule has 0 aromatic heterocycles. The Morgan fingerprint density at radius 2 is 2.11 bits per heavy atom. The molecule has 0 aromatic rings. The normalized spacial score (nSPS) is 31.1. The van der Waals surface area contributed by atoms with Crippen molar-refractivity contribution in [3.8, 4) is 0 Å². The summed E-state index contributed by atoms with van der Waals surface area (Å²) in [6, 6.07) is 1.60. The molecule has 0 saturated carbocycles. The van der Waals surface area contributed by atoms with Crippen LogP contribution in [0.4, 0.5) is 0 Å². The van der Waals surface area contributed by atoms with Gasteiger partial charge in [-0.15, -0.1) is 0 Å². The van der Waals surface area contributed by atoms with Crippen molar-refractivity contribution in [3.63, 3.8) is 0 Å². The Labute approximate surface area is 119 Å². The average molecular weight is 267 g/mol. The molecule has 19 heavy (non-hydrogen) atoms. The number of fused-ring (bicyclic) bond motifs is 1. The molecule has 3 unspecified atom stereocenters. The fourth-order valence-electron chi connectivity index (χ4n) is 4.04. The summed E-state index contributed by atoms with van der Waals surface area (Å²) in [6.45, 7) is 7.59. The predicted octanol–water partition coefficient (Wildman–Crippen LogP) is 2.18. The minimum Gasteiger partial charge on any atom is -0.317 e. The molecular formula is C16H33N3. The molecule has 0 aromatic carbocycles. The number of nitrogens with zero attached hydrogens (tertiary/aromatic N) is 2. The zero-order chi connectivity index (χ0) is 13.7. The first-order valence-electron chi connectivity index (χ1n) is 8.34. The molecule has 112 valence electrons. The van der Waals surface area contributed by atoms with Crippen molar-refractivity contribution in [2.75, 3.05) is 40.3 Å². The highest BCUT2D eigenvalue weighted by Gasteiger charge is 2.33. The summed E-state index contributed by atoms with van der Waals surface area (Å²) in [5, 5.41) is 3.42. The lowest BCUT2D eigenvalue weighted by atomic mass is 9.84. The monoisotopic (exact) mass is 267 g/mol. The third kappa shape index (κ3) is 4.17. The number of rotatable bonds is 6. The summed E-state index contributed by atoms with van der Waals surface area (Å²) in [6.07, 6.45) is 8.20. The van der Waals surface area contributed by atoms with Gasteiger partial charge in [0.1, 0.15) is 0 Å². The lowest BCUT2D eigenvalue weighted by Crippen LogP contribution is -2.52. The summed E-state index contributed by atoms with van der Waals surface area (Å²) in [7, 11) is 4.42. The van der Waals surface area contributed by atoms with Crippen LogP contribution in [-0.2, 0) is 0 Å². The van der Waals surface area contributed by atoms with Gasteiger partial charge >= 0.3 is 0 Å². The van der Waals surface area contributed by atoms with Crippen molar-refractivity contribution < 1.29 is 0 Å². The zero-order valence-electron chi connectivity index (χ0n) is 13.2. The molecule has 2 heterocycles. The van der Waals surface area contributed by atoms with E-state index >= 15 is 0 Å². The number of piperidine rings is 2. The van der Waals surface area contributed by atoms with Crippen molar-refractivity contribution in [1.82, 2.24) is 15.1 Å². The van der Waals surface area contributed by atoms with Crippen molar-refractivity contribution >= 4 is 0 Å². The minimum absolute atomic E-state index is 0.721. The second-order valence-electron chi connectivity index (χ2n) is 6.58. The Bertz CT molecular complexity index is 252. The van der Waals surface area contributed by atoms with Gasteiger partial charge in [0.15, 0.2) is 0 Å². The maximum absolute atomic E-state index is 3.42. The Hall–Kier alpha value is -0.120. The fraction of sp³-hybridized carbons (Fsp3) is 1.00. The van der Waals surface area contributed by atoms with Crippen LogP contribution in [0.25, 0.3) is 0 Å². The van der Waals surface area contributed by atoms with Gasteiger partial charge in [0, 0.05) is 18.6 Å². The molecule has 1 N–H and O–H groups in total. The van der Waals surface area contributed by atoms with Crippen molar-refractivity contribution in [2.24, 2.45) is 5.92 Å². The maximum atomic E-state index is 3.42. The van der Waals surface area contributed by atoms with E-state index in [4.69, 9.17) is 0 Å². The van der Waals surface area contributed by atoms with Gasteiger partial charge in [-0.1, -0.05) is 6.92 Å². The molecule has 2 fully saturated rings. The van der Waals surface area contributed by atoms with E-state index in [1.165, 1.54) is 64.7 Å². The summed E-state index contributed by atoms with van der Waals surface area (Å²) >= 11 is 0. The highest BCUT2D eigenvalue weighted by Crippen LogP contribution is 2.29. The summed E-state index contributed by atoms with van der Waals surface area (Å²) in [4.78, 5) is 5.34. The predicted molar refractivity (Wildman–Crippen MR) is 82.6 cm³/mol. The fourth-order valence-corrected chi connectivity index (χ4v) is 4.04. The number of nitrogens with one attached hydrogen (secondary N) is 1. The second kappa shape index (κ2) is 7.61. The Balaban J connectivity index is 1.69. The van der Waals surface area contributed by atoms with Gasteiger partial charge in [-0.25, -0.2) is 0 Å². The van der Waals surface area contributed by atoms with Crippen LogP contribution in [0.5, 0.6) is 0 Å². The van der Waals surface area contributed by atoms with Crippen molar-refractivity contribution in [3.05, 3.63) is 0 Å². The van der Waals surface area contributed by atoms with Crippen LogP contribution in [0.1, 0.15) is 45.4 Å². The Kier molecular flexibility index (Phi) is 6.11. The van der Waals surface area contributed by atoms with E-state index in [-0.39, 0.29) is 0 Å². The molecule has 3 atom stereocenters. The van der Waals surface area contributed by atoms with E-state index < -0.39 is 0 Å². The summed E-state index contributed by atoms with van der Waals surface area (Å²) in [5.41, 5.74) is 0. The van der Waals surface area contributed by atoms with E-state index in [1.807, 2.05) is 0 Å². The third-order valence-corrected chi connectivity index (χ3v) is 5.36. The smallest absolute Gasteiger partial charge is 0.0145 e. The molecule has 3 nitrogen and oxygen atoms in total. The molecule has 0 bridgehead atoms. The van der Waals surface area contributed by atoms with Crippen LogP contribution in [-0.4, -0.2) is 62.2 Å². The summed E-state index contributed by atoms with van der Waals surface area (Å²) in [5.74, 6) is 0.943. The zero-order valence-corrected chi connectivity index (χ0v) is 13.2. The first-order chi connectivity index (χ1) is 9.24. The summed E-state index contributed by atoms with van der Waals surface area (Å²) < 4.78 is 0. The van der Waals surface area contributed by atoms with Crippen LogP contribution >= 0.6 is 0 Å². The number of hydrogen-bond donors (Lipinski definition) is 1. The standard InChI is InChI=1S/C16H33N3/c1-4-15(17-2)8-6-11-19-12-9-16-14(13-19)7-5-10-18(16)3/h14-17H,4-13H2,1-3H3. The molecule has 2 saturated heterocycles. The maximum Gasteiger partial charge on any atom is 0.0145 e. The van der Waals surface area contributed by atoms with Gasteiger partial charge in [-0.05, 0) is 78.2 Å². The van der Waals surface area contributed by atoms with E-state index in [1.54, 1.807) is 0 Å². The van der Waals surface area contributed by atoms with Crippen LogP contribution in [0.2, 0.25) is 0 Å². The third-order valence-electron chi connectivity index (χ3n) is 5.36. The molecule has 0 spiro atoms. The lowest BCUT2D eigenvalue weighted by molar-refractivity contribution is 0.0378. The SMILES string of the molecule is CCC(CCCN1CCC2C(CCCN2C)C1)NC. The largest absolute Gasteiger partial charge is 0.317 e. The first-order valence-corrected chi connectivity index (χ1v) is 8.34. The molecule has 2 aliphatic heterocycles. The van der Waals surface area contributed by atoms with Gasteiger partial charge < -0.3 is 15.1 Å². The molecule has 3 heteroatoms. The van der Waals surface area contributed by atoms with E-state index in [9.17, 15) is 0 Å². The topological polar surface area (TPSA) is 18.5 Å². The van der Waals surface area contributed by atoms with Gasteiger partial charge in [0.2, 0.25) is 0 Å². The highest BCUT2D eigenvalue weighted by atomic mass is 15.2. The molecule has 0 amide bonds. The van der Waals surface area contributed by atoms with Gasteiger partial charge in [0.25, 0.3) is 0 Å². The van der Waals surface area contributed by atoms with Gasteiger partial charge in [0.05, 0.1) is 0 Å². The molecular weight excluding hydrogens is 234 g/mol. The highest BCUT2D eigenvalue weighted by molar-refractivity contribution is 4.89. The van der Waals surface area contributed by atoms with Crippen molar-refractivity contribution in [2.45, 2.75) is 57.5 Å². The number of likely N-dealkylation sites (tertiary alicyclic amines) is 2. The number of hydrogen-bond acceptors (Lipinski definition) is 3.